The number of amides is 3. The second-order valence-electron chi connectivity index (χ2n) is 6.86. The van der Waals surface area contributed by atoms with E-state index in [-0.39, 0.29) is 30.5 Å². The molecule has 0 spiro atoms. The Kier molecular flexibility index (Phi) is 7.22. The van der Waals surface area contributed by atoms with E-state index in [4.69, 9.17) is 9.15 Å². The minimum Gasteiger partial charge on any atom is -0.444 e. The molecule has 0 saturated heterocycles. The number of ether oxygens (including phenoxy) is 1. The Bertz CT molecular complexity index is 840. The van der Waals surface area contributed by atoms with Gasteiger partial charge in [-0.05, 0) is 73.1 Å². The zero-order valence-corrected chi connectivity index (χ0v) is 17.4. The summed E-state index contributed by atoms with van der Waals surface area (Å²) in [6.45, 7) is 5.45. The van der Waals surface area contributed by atoms with E-state index in [9.17, 15) is 14.4 Å². The summed E-state index contributed by atoms with van der Waals surface area (Å²) >= 11 is 3.14. The Labute approximate surface area is 171 Å². The maximum Gasteiger partial charge on any atom is 0.407 e. The van der Waals surface area contributed by atoms with Crippen molar-refractivity contribution in [2.75, 3.05) is 17.2 Å². The van der Waals surface area contributed by atoms with Crippen LogP contribution in [0.15, 0.2) is 45.5 Å². The van der Waals surface area contributed by atoms with Gasteiger partial charge < -0.3 is 25.1 Å². The maximum atomic E-state index is 12.0. The van der Waals surface area contributed by atoms with Crippen molar-refractivity contribution in [1.29, 1.82) is 0 Å². The molecule has 0 aliphatic heterocycles. The molecule has 0 atom stereocenters. The van der Waals surface area contributed by atoms with E-state index in [1.807, 2.05) is 0 Å². The van der Waals surface area contributed by atoms with Gasteiger partial charge in [0.05, 0.1) is 0 Å². The van der Waals surface area contributed by atoms with Crippen molar-refractivity contribution < 1.29 is 23.5 Å². The van der Waals surface area contributed by atoms with Crippen molar-refractivity contribution in [2.24, 2.45) is 0 Å². The van der Waals surface area contributed by atoms with Crippen molar-refractivity contribution in [2.45, 2.75) is 32.8 Å². The second kappa shape index (κ2) is 9.41. The highest BCUT2D eigenvalue weighted by Gasteiger charge is 2.16. The van der Waals surface area contributed by atoms with Gasteiger partial charge >= 0.3 is 6.09 Å². The number of rotatable bonds is 6. The first-order valence-electron chi connectivity index (χ1n) is 8.56. The van der Waals surface area contributed by atoms with Gasteiger partial charge in [0.1, 0.15) is 5.60 Å². The summed E-state index contributed by atoms with van der Waals surface area (Å²) in [5.74, 6) is -0.453. The van der Waals surface area contributed by atoms with E-state index in [0.717, 1.165) is 0 Å². The molecule has 9 heteroatoms. The molecule has 0 unspecified atom stereocenters. The third-order valence-corrected chi connectivity index (χ3v) is 3.67. The Morgan fingerprint density at radius 1 is 1.00 bits per heavy atom. The van der Waals surface area contributed by atoms with Crippen molar-refractivity contribution >= 4 is 45.2 Å². The van der Waals surface area contributed by atoms with Crippen LogP contribution in [-0.4, -0.2) is 30.1 Å². The van der Waals surface area contributed by atoms with Crippen molar-refractivity contribution in [3.63, 3.8) is 0 Å². The van der Waals surface area contributed by atoms with Crippen LogP contribution in [-0.2, 0) is 9.53 Å². The summed E-state index contributed by atoms with van der Waals surface area (Å²) in [4.78, 5) is 35.5. The number of hydrogen-bond acceptors (Lipinski definition) is 5. The maximum absolute atomic E-state index is 12.0. The van der Waals surface area contributed by atoms with Crippen LogP contribution in [0.4, 0.5) is 16.2 Å². The number of benzene rings is 1. The van der Waals surface area contributed by atoms with Gasteiger partial charge in [0.2, 0.25) is 5.91 Å². The SMILES string of the molecule is CC(C)(C)OC(=O)NCCC(=O)Nc1ccc(NC(=O)c2ccc(Br)o2)cc1. The van der Waals surface area contributed by atoms with Gasteiger partial charge in [-0.15, -0.1) is 0 Å². The lowest BCUT2D eigenvalue weighted by molar-refractivity contribution is -0.116. The van der Waals surface area contributed by atoms with Crippen molar-refractivity contribution in [3.8, 4) is 0 Å². The molecule has 1 heterocycles. The number of carbonyl (C=O) groups excluding carboxylic acids is 3. The number of alkyl carbamates (subject to hydrolysis) is 1. The average Bonchev–Trinajstić information content (AvgIpc) is 3.01. The molecular weight excluding hydrogens is 430 g/mol. The van der Waals surface area contributed by atoms with Crippen LogP contribution in [0.3, 0.4) is 0 Å². The number of carbonyl (C=O) groups is 3. The highest BCUT2D eigenvalue weighted by Crippen LogP contribution is 2.18. The topological polar surface area (TPSA) is 110 Å². The molecule has 0 aliphatic carbocycles. The average molecular weight is 452 g/mol. The molecule has 2 rings (SSSR count). The molecule has 8 nitrogen and oxygen atoms in total. The van der Waals surface area contributed by atoms with Gasteiger partial charge in [-0.25, -0.2) is 4.79 Å². The Morgan fingerprint density at radius 3 is 2.14 bits per heavy atom. The van der Waals surface area contributed by atoms with Gasteiger partial charge in [-0.3, -0.25) is 9.59 Å². The Morgan fingerprint density at radius 2 is 1.61 bits per heavy atom. The summed E-state index contributed by atoms with van der Waals surface area (Å²) < 4.78 is 10.7. The number of nitrogens with one attached hydrogen (secondary N) is 3. The third kappa shape index (κ3) is 7.43. The standard InChI is InChI=1S/C19H22BrN3O5/c1-19(2,3)28-18(26)21-11-10-16(24)22-12-4-6-13(7-5-12)23-17(25)14-8-9-15(20)27-14/h4-9H,10-11H2,1-3H3,(H,21,26)(H,22,24)(H,23,25). The largest absolute Gasteiger partial charge is 0.444 e. The fraction of sp³-hybridized carbons (Fsp3) is 0.316. The lowest BCUT2D eigenvalue weighted by Gasteiger charge is -2.19. The van der Waals surface area contributed by atoms with Gasteiger partial charge in [0, 0.05) is 24.3 Å². The minimum atomic E-state index is -0.586. The van der Waals surface area contributed by atoms with Crippen LogP contribution in [0.2, 0.25) is 0 Å². The van der Waals surface area contributed by atoms with Crippen LogP contribution < -0.4 is 16.0 Å². The number of anilines is 2. The fourth-order valence-electron chi connectivity index (χ4n) is 2.08. The normalized spacial score (nSPS) is 10.9. The zero-order chi connectivity index (χ0) is 20.7. The van der Waals surface area contributed by atoms with Crippen molar-refractivity contribution in [1.82, 2.24) is 5.32 Å². The molecule has 0 bridgehead atoms. The molecule has 28 heavy (non-hydrogen) atoms. The van der Waals surface area contributed by atoms with E-state index in [0.29, 0.717) is 16.0 Å². The summed E-state index contributed by atoms with van der Waals surface area (Å²) in [6, 6.07) is 9.82. The number of hydrogen-bond donors (Lipinski definition) is 3. The lowest BCUT2D eigenvalue weighted by Crippen LogP contribution is -2.34. The summed E-state index contributed by atoms with van der Waals surface area (Å²) in [5.41, 5.74) is 0.542. The van der Waals surface area contributed by atoms with E-state index < -0.39 is 11.7 Å². The summed E-state index contributed by atoms with van der Waals surface area (Å²) in [6.07, 6.45) is -0.463. The van der Waals surface area contributed by atoms with Gasteiger partial charge in [0.15, 0.2) is 10.4 Å². The van der Waals surface area contributed by atoms with Gasteiger partial charge in [-0.2, -0.15) is 0 Å². The van der Waals surface area contributed by atoms with Crippen LogP contribution in [0.5, 0.6) is 0 Å². The first kappa shape index (κ1) is 21.5. The molecule has 1 aromatic heterocycles. The second-order valence-corrected chi connectivity index (χ2v) is 7.64. The van der Waals surface area contributed by atoms with Gasteiger partial charge in [-0.1, -0.05) is 0 Å². The predicted molar refractivity (Wildman–Crippen MR) is 108 cm³/mol. The molecule has 0 saturated carbocycles. The minimum absolute atomic E-state index is 0.102. The number of halogens is 1. The van der Waals surface area contributed by atoms with Crippen LogP contribution in [0.1, 0.15) is 37.7 Å². The molecule has 150 valence electrons. The van der Waals surface area contributed by atoms with Crippen LogP contribution >= 0.6 is 15.9 Å². The highest BCUT2D eigenvalue weighted by atomic mass is 79.9. The van der Waals surface area contributed by atoms with E-state index >= 15 is 0 Å². The summed E-state index contributed by atoms with van der Waals surface area (Å²) in [5, 5.41) is 7.92. The molecule has 3 N–H and O–H groups in total. The molecule has 1 aromatic carbocycles. The third-order valence-electron chi connectivity index (χ3n) is 3.24. The van der Waals surface area contributed by atoms with E-state index in [2.05, 4.69) is 31.9 Å². The van der Waals surface area contributed by atoms with Crippen LogP contribution in [0, 0.1) is 0 Å². The molecule has 2 aromatic rings. The van der Waals surface area contributed by atoms with Crippen molar-refractivity contribution in [3.05, 3.63) is 46.8 Å². The smallest absolute Gasteiger partial charge is 0.407 e. The lowest BCUT2D eigenvalue weighted by atomic mass is 10.2. The predicted octanol–water partition coefficient (Wildman–Crippen LogP) is 4.15. The fourth-order valence-corrected chi connectivity index (χ4v) is 2.39. The van der Waals surface area contributed by atoms with E-state index in [1.54, 1.807) is 57.2 Å². The van der Waals surface area contributed by atoms with E-state index in [1.165, 1.54) is 0 Å². The summed E-state index contributed by atoms with van der Waals surface area (Å²) in [7, 11) is 0. The molecule has 3 amide bonds. The first-order chi connectivity index (χ1) is 13.1. The Hall–Kier alpha value is -2.81. The van der Waals surface area contributed by atoms with Gasteiger partial charge in [0.25, 0.3) is 5.91 Å². The molecular formula is C19H22BrN3O5. The zero-order valence-electron chi connectivity index (χ0n) is 15.8. The monoisotopic (exact) mass is 451 g/mol. The van der Waals surface area contributed by atoms with Crippen LogP contribution in [0.25, 0.3) is 0 Å². The number of furan rings is 1. The Balaban J connectivity index is 1.76. The molecule has 0 aliphatic rings. The highest BCUT2D eigenvalue weighted by molar-refractivity contribution is 9.10. The quantitative estimate of drug-likeness (QED) is 0.610. The first-order valence-corrected chi connectivity index (χ1v) is 9.35. The molecule has 0 radical (unpaired) electrons. The molecule has 0 fully saturated rings.